The highest BCUT2D eigenvalue weighted by molar-refractivity contribution is 6.74. The number of hydrogen-bond acceptors (Lipinski definition) is 5. The predicted molar refractivity (Wildman–Crippen MR) is 169 cm³/mol. The third-order valence-electron chi connectivity index (χ3n) is 11.7. The molecule has 5 aliphatic rings. The molecule has 45 heavy (non-hydrogen) atoms. The van der Waals surface area contributed by atoms with E-state index in [2.05, 4.69) is 39.9 Å². The molecule has 1 aromatic carbocycles. The topological polar surface area (TPSA) is 49.8 Å². The fourth-order valence-electron chi connectivity index (χ4n) is 7.99. The largest absolute Gasteiger partial charge is 0.416 e. The molecule has 9 heteroatoms. The molecule has 2 aliphatic carbocycles. The van der Waals surface area contributed by atoms with Crippen LogP contribution in [0.15, 0.2) is 30.3 Å². The van der Waals surface area contributed by atoms with E-state index < -0.39 is 31.8 Å². The van der Waals surface area contributed by atoms with Crippen LogP contribution < -0.4 is 0 Å². The standard InChI is InChI=1S/C36H46F3NO4Si/c1-33(2,3)45(4,5)44-27-22-34(13-6-14-34)21-26-28(27)30-29(31(40-26)23-11-17-41-18-12-23)32(43-35(30)15-19-42-20-16-35)24-7-9-25(10-8-24)36(37,38)39/h7-11,27,32H,6,12-22H2,1-5H3. The molecule has 244 valence electrons. The lowest BCUT2D eigenvalue weighted by molar-refractivity contribution is -0.137. The number of benzene rings is 1. The molecule has 0 amide bonds. The molecule has 2 aromatic rings. The van der Waals surface area contributed by atoms with Crippen LogP contribution in [0.4, 0.5) is 13.2 Å². The van der Waals surface area contributed by atoms with Crippen molar-refractivity contribution >= 4 is 13.9 Å². The summed E-state index contributed by atoms with van der Waals surface area (Å²) in [6, 6.07) is 5.53. The van der Waals surface area contributed by atoms with Gasteiger partial charge in [-0.3, -0.25) is 4.98 Å². The summed E-state index contributed by atoms with van der Waals surface area (Å²) in [6.07, 6.45) is 4.74. The number of fused-ring (bicyclic) bond motifs is 4. The Morgan fingerprint density at radius 3 is 2.22 bits per heavy atom. The van der Waals surface area contributed by atoms with Gasteiger partial charge < -0.3 is 18.6 Å². The van der Waals surface area contributed by atoms with E-state index in [4.69, 9.17) is 23.6 Å². The Morgan fingerprint density at radius 2 is 1.64 bits per heavy atom. The van der Waals surface area contributed by atoms with Crippen LogP contribution in [0.2, 0.25) is 18.1 Å². The maximum absolute atomic E-state index is 13.6. The fraction of sp³-hybridized carbons (Fsp3) is 0.639. The van der Waals surface area contributed by atoms with E-state index in [1.54, 1.807) is 12.1 Å². The van der Waals surface area contributed by atoms with Crippen LogP contribution in [-0.4, -0.2) is 39.7 Å². The van der Waals surface area contributed by atoms with Crippen molar-refractivity contribution in [3.63, 3.8) is 0 Å². The zero-order chi connectivity index (χ0) is 31.8. The molecule has 0 bridgehead atoms. The highest BCUT2D eigenvalue weighted by atomic mass is 28.4. The number of halogens is 3. The molecular weight excluding hydrogens is 595 g/mol. The number of alkyl halides is 3. The molecule has 2 atom stereocenters. The number of ether oxygens (including phenoxy) is 3. The molecule has 2 fully saturated rings. The normalized spacial score (nSPS) is 25.9. The molecule has 0 radical (unpaired) electrons. The minimum absolute atomic E-state index is 0.0382. The average Bonchev–Trinajstić information content (AvgIpc) is 3.29. The van der Waals surface area contributed by atoms with Crippen molar-refractivity contribution in [2.24, 2.45) is 5.41 Å². The molecule has 5 nitrogen and oxygen atoms in total. The van der Waals surface area contributed by atoms with Crippen molar-refractivity contribution < 1.29 is 31.8 Å². The summed E-state index contributed by atoms with van der Waals surface area (Å²) in [5.74, 6) is 0. The molecule has 7 rings (SSSR count). The molecule has 1 aromatic heterocycles. The second-order valence-electron chi connectivity index (χ2n) is 15.5. The van der Waals surface area contributed by atoms with Gasteiger partial charge in [0, 0.05) is 42.9 Å². The predicted octanol–water partition coefficient (Wildman–Crippen LogP) is 9.21. The maximum Gasteiger partial charge on any atom is 0.416 e. The van der Waals surface area contributed by atoms with Gasteiger partial charge in [-0.15, -0.1) is 0 Å². The van der Waals surface area contributed by atoms with E-state index >= 15 is 0 Å². The third-order valence-corrected chi connectivity index (χ3v) is 16.1. The van der Waals surface area contributed by atoms with Gasteiger partial charge in [-0.05, 0) is 84.5 Å². The van der Waals surface area contributed by atoms with E-state index in [0.717, 1.165) is 47.4 Å². The van der Waals surface area contributed by atoms with Crippen molar-refractivity contribution in [3.8, 4) is 0 Å². The smallest absolute Gasteiger partial charge is 0.410 e. The molecule has 2 unspecified atom stereocenters. The van der Waals surface area contributed by atoms with Crippen molar-refractivity contribution in [3.05, 3.63) is 69.5 Å². The van der Waals surface area contributed by atoms with Crippen LogP contribution in [0.5, 0.6) is 0 Å². The fourth-order valence-corrected chi connectivity index (χ4v) is 9.25. The van der Waals surface area contributed by atoms with Crippen LogP contribution in [0.3, 0.4) is 0 Å². The molecule has 4 heterocycles. The van der Waals surface area contributed by atoms with Gasteiger partial charge in [0.15, 0.2) is 8.32 Å². The summed E-state index contributed by atoms with van der Waals surface area (Å²) >= 11 is 0. The van der Waals surface area contributed by atoms with Crippen LogP contribution in [0.1, 0.15) is 117 Å². The van der Waals surface area contributed by atoms with Crippen molar-refractivity contribution in [2.45, 2.75) is 114 Å². The van der Waals surface area contributed by atoms with Gasteiger partial charge in [0.05, 0.1) is 36.2 Å². The number of hydrogen-bond donors (Lipinski definition) is 0. The second-order valence-corrected chi connectivity index (χ2v) is 20.2. The number of aromatic nitrogens is 1. The van der Waals surface area contributed by atoms with Gasteiger partial charge in [-0.1, -0.05) is 45.4 Å². The lowest BCUT2D eigenvalue weighted by Gasteiger charge is -2.51. The average molecular weight is 642 g/mol. The molecule has 1 saturated heterocycles. The maximum atomic E-state index is 13.6. The first-order chi connectivity index (χ1) is 21.2. The van der Waals surface area contributed by atoms with E-state index in [1.165, 1.54) is 42.5 Å². The number of pyridine rings is 1. The summed E-state index contributed by atoms with van der Waals surface area (Å²) in [5.41, 5.74) is 6.24. The van der Waals surface area contributed by atoms with Gasteiger partial charge >= 0.3 is 6.18 Å². The summed E-state index contributed by atoms with van der Waals surface area (Å²) < 4.78 is 67.0. The Bertz CT molecular complexity index is 1480. The van der Waals surface area contributed by atoms with Crippen LogP contribution in [-0.2, 0) is 36.8 Å². The first-order valence-electron chi connectivity index (χ1n) is 16.7. The second kappa shape index (κ2) is 11.0. The van der Waals surface area contributed by atoms with Crippen LogP contribution in [0.25, 0.3) is 5.57 Å². The van der Waals surface area contributed by atoms with E-state index in [-0.39, 0.29) is 16.6 Å². The Morgan fingerprint density at radius 1 is 0.933 bits per heavy atom. The number of rotatable bonds is 4. The summed E-state index contributed by atoms with van der Waals surface area (Å²) in [5, 5.41) is 0.0382. The van der Waals surface area contributed by atoms with Crippen molar-refractivity contribution in [2.75, 3.05) is 26.4 Å². The van der Waals surface area contributed by atoms with Gasteiger partial charge in [0.2, 0.25) is 0 Å². The SMILES string of the molecule is CC(C)(C)[Si](C)(C)OC1CC2(CCC2)Cc2nc(C3=CCOCC3)c3c(c21)C1(CCOCC1)OC3c1ccc(C(F)(F)F)cc1. The van der Waals surface area contributed by atoms with Gasteiger partial charge in [0.1, 0.15) is 6.10 Å². The Kier molecular flexibility index (Phi) is 7.72. The van der Waals surface area contributed by atoms with Gasteiger partial charge in [-0.2, -0.15) is 13.2 Å². The summed E-state index contributed by atoms with van der Waals surface area (Å²) in [6.45, 7) is 13.8. The molecule has 3 aliphatic heterocycles. The first kappa shape index (κ1) is 31.6. The summed E-state index contributed by atoms with van der Waals surface area (Å²) in [7, 11) is -2.18. The number of nitrogens with zero attached hydrogens (tertiary/aromatic N) is 1. The quantitative estimate of drug-likeness (QED) is 0.312. The van der Waals surface area contributed by atoms with Gasteiger partial charge in [-0.25, -0.2) is 0 Å². The minimum atomic E-state index is -4.40. The highest BCUT2D eigenvalue weighted by Gasteiger charge is 2.55. The van der Waals surface area contributed by atoms with Crippen LogP contribution in [0, 0.1) is 5.41 Å². The Balaban J connectivity index is 1.47. The monoisotopic (exact) mass is 641 g/mol. The van der Waals surface area contributed by atoms with E-state index in [0.29, 0.717) is 39.3 Å². The minimum Gasteiger partial charge on any atom is -0.410 e. The zero-order valence-electron chi connectivity index (χ0n) is 27.2. The van der Waals surface area contributed by atoms with E-state index in [1.807, 2.05) is 0 Å². The Hall–Kier alpha value is -2.04. The van der Waals surface area contributed by atoms with Crippen molar-refractivity contribution in [1.82, 2.24) is 4.98 Å². The molecular formula is C36H46F3NO4Si. The zero-order valence-corrected chi connectivity index (χ0v) is 28.2. The van der Waals surface area contributed by atoms with Gasteiger partial charge in [0.25, 0.3) is 0 Å². The molecule has 2 spiro atoms. The highest BCUT2D eigenvalue weighted by Crippen LogP contribution is 2.62. The van der Waals surface area contributed by atoms with Crippen LogP contribution >= 0.6 is 0 Å². The lowest BCUT2D eigenvalue weighted by atomic mass is 9.58. The summed E-state index contributed by atoms with van der Waals surface area (Å²) in [4.78, 5) is 5.56. The van der Waals surface area contributed by atoms with Crippen molar-refractivity contribution in [1.29, 1.82) is 0 Å². The lowest BCUT2D eigenvalue weighted by Crippen LogP contribution is -2.47. The Labute approximate surface area is 266 Å². The third kappa shape index (κ3) is 5.44. The first-order valence-corrected chi connectivity index (χ1v) is 19.6. The van der Waals surface area contributed by atoms with E-state index in [9.17, 15) is 13.2 Å². The molecule has 0 N–H and O–H groups in total. The molecule has 1 saturated carbocycles.